The normalized spacial score (nSPS) is 16.7. The topological polar surface area (TPSA) is 98.2 Å². The van der Waals surface area contributed by atoms with Crippen LogP contribution in [-0.2, 0) is 16.8 Å². The van der Waals surface area contributed by atoms with Crippen LogP contribution in [0.3, 0.4) is 0 Å². The zero-order valence-corrected chi connectivity index (χ0v) is 23.5. The zero-order valence-electron chi connectivity index (χ0n) is 23.5. The molecule has 4 aromatic rings. The van der Waals surface area contributed by atoms with Crippen LogP contribution >= 0.6 is 0 Å². The lowest BCUT2D eigenvalue weighted by atomic mass is 9.98. The first-order valence-electron chi connectivity index (χ1n) is 13.7. The summed E-state index contributed by atoms with van der Waals surface area (Å²) in [5.74, 6) is 1.45. The van der Waals surface area contributed by atoms with Crippen LogP contribution < -0.4 is 10.3 Å². The molecule has 9 heteroatoms. The van der Waals surface area contributed by atoms with Gasteiger partial charge in [-0.25, -0.2) is 4.68 Å². The van der Waals surface area contributed by atoms with Gasteiger partial charge in [-0.2, -0.15) is 0 Å². The first-order valence-corrected chi connectivity index (χ1v) is 13.7. The number of fused-ring (bicyclic) bond motifs is 1. The molecule has 1 aliphatic rings. The van der Waals surface area contributed by atoms with E-state index >= 15 is 0 Å². The van der Waals surface area contributed by atoms with Gasteiger partial charge in [0.25, 0.3) is 5.56 Å². The van der Waals surface area contributed by atoms with Gasteiger partial charge in [-0.3, -0.25) is 9.69 Å². The molecule has 9 nitrogen and oxygen atoms in total. The molecule has 0 aliphatic carbocycles. The van der Waals surface area contributed by atoms with Crippen LogP contribution in [0, 0.1) is 6.92 Å². The van der Waals surface area contributed by atoms with E-state index in [9.17, 15) is 4.79 Å². The molecule has 0 bridgehead atoms. The van der Waals surface area contributed by atoms with Gasteiger partial charge in [0.1, 0.15) is 11.8 Å². The molecular formula is C30H38N6O3. The SMILES string of the molecule is CCC(C)(C)n1nnnc1C(c1cc2ccc(C)cc2[nH]c1=O)N(Cc1ccc(OC)cc1)CC1CCCO1. The van der Waals surface area contributed by atoms with Crippen molar-refractivity contribution in [1.82, 2.24) is 30.1 Å². The Bertz CT molecular complexity index is 1470. The highest BCUT2D eigenvalue weighted by atomic mass is 16.5. The molecule has 3 heterocycles. The van der Waals surface area contributed by atoms with E-state index in [2.05, 4.69) is 64.4 Å². The zero-order chi connectivity index (χ0) is 27.6. The van der Waals surface area contributed by atoms with Crippen molar-refractivity contribution in [2.45, 2.75) is 71.2 Å². The summed E-state index contributed by atoms with van der Waals surface area (Å²) in [6, 6.07) is 15.7. The average Bonchev–Trinajstić information content (AvgIpc) is 3.63. The second kappa shape index (κ2) is 11.3. The molecule has 2 aromatic carbocycles. The second-order valence-corrected chi connectivity index (χ2v) is 11.1. The number of tetrazole rings is 1. The smallest absolute Gasteiger partial charge is 0.253 e. The van der Waals surface area contributed by atoms with Gasteiger partial charge in [0.15, 0.2) is 5.82 Å². The minimum Gasteiger partial charge on any atom is -0.497 e. The standard InChI is InChI=1S/C30H38N6O3/c1-6-30(3,4)36-28(32-33-34-36)27(25-17-22-12-9-20(2)16-26(22)31-29(25)37)35(19-24-8-7-15-39-24)18-21-10-13-23(38-5)14-11-21/h9-14,16-17,24,27H,6-8,15,18-19H2,1-5H3,(H,31,37). The Balaban J connectivity index is 1.68. The molecular weight excluding hydrogens is 492 g/mol. The number of aromatic nitrogens is 5. The number of hydrogen-bond donors (Lipinski definition) is 1. The van der Waals surface area contributed by atoms with Crippen LogP contribution in [0.4, 0.5) is 0 Å². The number of ether oxygens (including phenoxy) is 2. The predicted octanol–water partition coefficient (Wildman–Crippen LogP) is 4.75. The predicted molar refractivity (Wildman–Crippen MR) is 151 cm³/mol. The van der Waals surface area contributed by atoms with E-state index in [1.165, 1.54) is 0 Å². The molecule has 1 N–H and O–H groups in total. The lowest BCUT2D eigenvalue weighted by Crippen LogP contribution is -2.41. The van der Waals surface area contributed by atoms with Gasteiger partial charge >= 0.3 is 0 Å². The van der Waals surface area contributed by atoms with Crippen molar-refractivity contribution < 1.29 is 9.47 Å². The third-order valence-electron chi connectivity index (χ3n) is 7.87. The third-order valence-corrected chi connectivity index (χ3v) is 7.87. The van der Waals surface area contributed by atoms with Gasteiger partial charge in [0.05, 0.1) is 18.8 Å². The van der Waals surface area contributed by atoms with Gasteiger partial charge in [-0.15, -0.1) is 5.10 Å². The number of rotatable bonds is 10. The fourth-order valence-electron chi connectivity index (χ4n) is 5.26. The van der Waals surface area contributed by atoms with Crippen molar-refractivity contribution >= 4 is 10.9 Å². The van der Waals surface area contributed by atoms with Crippen LogP contribution in [0.15, 0.2) is 53.3 Å². The number of hydrogen-bond acceptors (Lipinski definition) is 7. The van der Waals surface area contributed by atoms with Gasteiger partial charge < -0.3 is 14.5 Å². The maximum atomic E-state index is 13.8. The first-order chi connectivity index (χ1) is 18.8. The molecule has 0 spiro atoms. The van der Waals surface area contributed by atoms with Crippen molar-refractivity contribution in [3.8, 4) is 5.75 Å². The summed E-state index contributed by atoms with van der Waals surface area (Å²) in [6.45, 7) is 10.3. The van der Waals surface area contributed by atoms with E-state index in [0.717, 1.165) is 53.6 Å². The van der Waals surface area contributed by atoms with Crippen LogP contribution in [0.2, 0.25) is 0 Å². The molecule has 1 aliphatic heterocycles. The van der Waals surface area contributed by atoms with Gasteiger partial charge in [-0.1, -0.05) is 31.2 Å². The van der Waals surface area contributed by atoms with E-state index in [1.54, 1.807) is 7.11 Å². The lowest BCUT2D eigenvalue weighted by Gasteiger charge is -2.34. The molecule has 0 saturated carbocycles. The number of H-pyrrole nitrogens is 1. The lowest BCUT2D eigenvalue weighted by molar-refractivity contribution is 0.0562. The Hall–Kier alpha value is -3.56. The molecule has 5 rings (SSSR count). The van der Waals surface area contributed by atoms with Crippen LogP contribution in [0.1, 0.15) is 68.6 Å². The summed E-state index contributed by atoms with van der Waals surface area (Å²) >= 11 is 0. The molecule has 0 amide bonds. The van der Waals surface area contributed by atoms with E-state index in [-0.39, 0.29) is 17.2 Å². The molecule has 206 valence electrons. The van der Waals surface area contributed by atoms with Crippen LogP contribution in [0.25, 0.3) is 10.9 Å². The largest absolute Gasteiger partial charge is 0.497 e. The Kier molecular flexibility index (Phi) is 7.81. The minimum absolute atomic E-state index is 0.0662. The molecule has 39 heavy (non-hydrogen) atoms. The Morgan fingerprint density at radius 3 is 2.69 bits per heavy atom. The first kappa shape index (κ1) is 27.0. The molecule has 2 atom stereocenters. The number of pyridine rings is 1. The monoisotopic (exact) mass is 530 g/mol. The number of methoxy groups -OCH3 is 1. The maximum Gasteiger partial charge on any atom is 0.253 e. The van der Waals surface area contributed by atoms with E-state index < -0.39 is 6.04 Å². The van der Waals surface area contributed by atoms with Gasteiger partial charge in [-0.05, 0) is 91.2 Å². The molecule has 2 aromatic heterocycles. The van der Waals surface area contributed by atoms with Crippen molar-refractivity contribution in [2.24, 2.45) is 0 Å². The number of aryl methyl sites for hydroxylation is 1. The van der Waals surface area contributed by atoms with E-state index in [0.29, 0.717) is 24.5 Å². The fraction of sp³-hybridized carbons (Fsp3) is 0.467. The van der Waals surface area contributed by atoms with Gasteiger partial charge in [0.2, 0.25) is 0 Å². The molecule has 1 fully saturated rings. The Labute approximate surface area is 229 Å². The molecule has 1 saturated heterocycles. The van der Waals surface area contributed by atoms with Crippen molar-refractivity contribution in [3.05, 3.63) is 81.4 Å². The Morgan fingerprint density at radius 2 is 2.00 bits per heavy atom. The molecule has 2 unspecified atom stereocenters. The number of benzene rings is 2. The number of nitrogens with zero attached hydrogens (tertiary/aromatic N) is 5. The average molecular weight is 531 g/mol. The summed E-state index contributed by atoms with van der Waals surface area (Å²) in [7, 11) is 1.66. The highest BCUT2D eigenvalue weighted by molar-refractivity contribution is 5.79. The number of nitrogens with one attached hydrogen (secondary N) is 1. The van der Waals surface area contributed by atoms with E-state index in [1.807, 2.05) is 41.9 Å². The van der Waals surface area contributed by atoms with Crippen LogP contribution in [0.5, 0.6) is 5.75 Å². The summed E-state index contributed by atoms with van der Waals surface area (Å²) in [5.41, 5.74) is 3.13. The minimum atomic E-state index is -0.494. The highest BCUT2D eigenvalue weighted by Gasteiger charge is 2.36. The summed E-state index contributed by atoms with van der Waals surface area (Å²) in [6.07, 6.45) is 2.90. The van der Waals surface area contributed by atoms with E-state index in [4.69, 9.17) is 9.47 Å². The highest BCUT2D eigenvalue weighted by Crippen LogP contribution is 2.33. The summed E-state index contributed by atoms with van der Waals surface area (Å²) in [5, 5.41) is 14.0. The number of aromatic amines is 1. The van der Waals surface area contributed by atoms with Crippen LogP contribution in [-0.4, -0.2) is 56.5 Å². The van der Waals surface area contributed by atoms with Crippen molar-refractivity contribution in [1.29, 1.82) is 0 Å². The summed E-state index contributed by atoms with van der Waals surface area (Å²) in [4.78, 5) is 19.2. The van der Waals surface area contributed by atoms with Crippen molar-refractivity contribution in [3.63, 3.8) is 0 Å². The second-order valence-electron chi connectivity index (χ2n) is 11.1. The fourth-order valence-corrected chi connectivity index (χ4v) is 5.26. The summed E-state index contributed by atoms with van der Waals surface area (Å²) < 4.78 is 13.3. The molecule has 0 radical (unpaired) electrons. The maximum absolute atomic E-state index is 13.8. The van der Waals surface area contributed by atoms with Gasteiger partial charge in [0, 0.05) is 30.8 Å². The third kappa shape index (κ3) is 5.74. The van der Waals surface area contributed by atoms with Crippen molar-refractivity contribution in [2.75, 3.05) is 20.3 Å². The Morgan fingerprint density at radius 1 is 1.21 bits per heavy atom. The quantitative estimate of drug-likeness (QED) is 0.316.